The molecule has 1 fully saturated rings. The standard InChI is InChI=1S/C20H29F3O2/c1-3-5-13-24-16-7-8-17(19(22)18(16)21)25-14-20(23)11-9-15(6-4-2)10-12-20/h7-8,15H,3-6,9-14H2,1-2H3/t15-,20+. The second-order valence-electron chi connectivity index (χ2n) is 7.06. The van der Waals surface area contributed by atoms with E-state index in [9.17, 15) is 13.2 Å². The first-order valence-corrected chi connectivity index (χ1v) is 9.41. The van der Waals surface area contributed by atoms with Crippen LogP contribution in [-0.2, 0) is 0 Å². The molecule has 1 aliphatic carbocycles. The molecule has 1 aromatic rings. The van der Waals surface area contributed by atoms with Crippen molar-refractivity contribution in [3.63, 3.8) is 0 Å². The van der Waals surface area contributed by atoms with Crippen molar-refractivity contribution >= 4 is 0 Å². The second kappa shape index (κ2) is 9.35. The summed E-state index contributed by atoms with van der Waals surface area (Å²) in [6, 6.07) is 2.65. The van der Waals surface area contributed by atoms with Crippen molar-refractivity contribution in [2.45, 2.75) is 70.9 Å². The van der Waals surface area contributed by atoms with E-state index in [2.05, 4.69) is 6.92 Å². The highest BCUT2D eigenvalue weighted by molar-refractivity contribution is 5.35. The third-order valence-corrected chi connectivity index (χ3v) is 4.95. The van der Waals surface area contributed by atoms with Crippen LogP contribution in [0.15, 0.2) is 12.1 Å². The Kier molecular flexibility index (Phi) is 7.45. The van der Waals surface area contributed by atoms with Gasteiger partial charge in [-0.25, -0.2) is 4.39 Å². The number of benzene rings is 1. The third-order valence-electron chi connectivity index (χ3n) is 4.95. The van der Waals surface area contributed by atoms with E-state index in [0.717, 1.165) is 38.5 Å². The Hall–Kier alpha value is -1.39. The van der Waals surface area contributed by atoms with Crippen LogP contribution in [0.5, 0.6) is 11.5 Å². The van der Waals surface area contributed by atoms with Gasteiger partial charge in [0.15, 0.2) is 11.5 Å². The molecule has 0 N–H and O–H groups in total. The van der Waals surface area contributed by atoms with Gasteiger partial charge in [0.05, 0.1) is 6.61 Å². The third kappa shape index (κ3) is 5.55. The molecule has 1 saturated carbocycles. The molecule has 2 nitrogen and oxygen atoms in total. The van der Waals surface area contributed by atoms with E-state index in [0.29, 0.717) is 25.4 Å². The Morgan fingerprint density at radius 1 is 1.00 bits per heavy atom. The van der Waals surface area contributed by atoms with Crippen molar-refractivity contribution in [2.24, 2.45) is 5.92 Å². The van der Waals surface area contributed by atoms with E-state index in [1.54, 1.807) is 0 Å². The van der Waals surface area contributed by atoms with Gasteiger partial charge in [-0.15, -0.1) is 0 Å². The topological polar surface area (TPSA) is 18.5 Å². The van der Waals surface area contributed by atoms with Crippen LogP contribution in [0, 0.1) is 17.6 Å². The van der Waals surface area contributed by atoms with E-state index >= 15 is 0 Å². The van der Waals surface area contributed by atoms with Crippen molar-refractivity contribution in [3.8, 4) is 11.5 Å². The van der Waals surface area contributed by atoms with Crippen molar-refractivity contribution in [1.29, 1.82) is 0 Å². The maximum atomic E-state index is 14.8. The summed E-state index contributed by atoms with van der Waals surface area (Å²) in [6.45, 7) is 4.21. The molecule has 0 radical (unpaired) electrons. The van der Waals surface area contributed by atoms with Crippen molar-refractivity contribution in [1.82, 2.24) is 0 Å². The SMILES string of the molecule is CCCCOc1ccc(OC[C@]2(F)CC[C@@H](CCC)CC2)c(F)c1F. The fraction of sp³-hybridized carbons (Fsp3) is 0.700. The van der Waals surface area contributed by atoms with E-state index in [-0.39, 0.29) is 18.1 Å². The smallest absolute Gasteiger partial charge is 0.204 e. The average Bonchev–Trinajstić information content (AvgIpc) is 2.60. The summed E-state index contributed by atoms with van der Waals surface area (Å²) in [5.41, 5.74) is -1.45. The minimum absolute atomic E-state index is 0.131. The molecular formula is C20H29F3O2. The van der Waals surface area contributed by atoms with Crippen LogP contribution in [0.4, 0.5) is 13.2 Å². The molecule has 25 heavy (non-hydrogen) atoms. The number of alkyl halides is 1. The highest BCUT2D eigenvalue weighted by Crippen LogP contribution is 2.38. The van der Waals surface area contributed by atoms with Crippen molar-refractivity contribution in [2.75, 3.05) is 13.2 Å². The molecule has 0 saturated heterocycles. The molecule has 0 aliphatic heterocycles. The van der Waals surface area contributed by atoms with E-state index in [1.165, 1.54) is 12.1 Å². The van der Waals surface area contributed by atoms with Crippen LogP contribution < -0.4 is 9.47 Å². The zero-order valence-corrected chi connectivity index (χ0v) is 15.3. The second-order valence-corrected chi connectivity index (χ2v) is 7.06. The number of halogens is 3. The van der Waals surface area contributed by atoms with Gasteiger partial charge in [0, 0.05) is 0 Å². The largest absolute Gasteiger partial charge is 0.490 e. The highest BCUT2D eigenvalue weighted by Gasteiger charge is 2.36. The van der Waals surface area contributed by atoms with E-state index < -0.39 is 17.3 Å². The molecule has 5 heteroatoms. The minimum Gasteiger partial charge on any atom is -0.490 e. The molecule has 0 heterocycles. The minimum atomic E-state index is -1.45. The van der Waals surface area contributed by atoms with Crippen LogP contribution >= 0.6 is 0 Å². The molecule has 0 aromatic heterocycles. The lowest BCUT2D eigenvalue weighted by atomic mass is 9.78. The van der Waals surface area contributed by atoms with Crippen molar-refractivity contribution < 1.29 is 22.6 Å². The Bertz CT molecular complexity index is 540. The number of hydrogen-bond acceptors (Lipinski definition) is 2. The Labute approximate surface area is 148 Å². The first kappa shape index (κ1) is 19.9. The van der Waals surface area contributed by atoms with Gasteiger partial charge in [-0.1, -0.05) is 33.1 Å². The van der Waals surface area contributed by atoms with E-state index in [4.69, 9.17) is 9.47 Å². The van der Waals surface area contributed by atoms with Gasteiger partial charge in [0.1, 0.15) is 12.3 Å². The molecule has 1 aromatic carbocycles. The lowest BCUT2D eigenvalue weighted by Crippen LogP contribution is -2.35. The lowest BCUT2D eigenvalue weighted by Gasteiger charge is -2.33. The van der Waals surface area contributed by atoms with Gasteiger partial charge in [-0.3, -0.25) is 0 Å². The van der Waals surface area contributed by atoms with Crippen LogP contribution in [0.2, 0.25) is 0 Å². The molecular weight excluding hydrogens is 329 g/mol. The normalized spacial score (nSPS) is 23.5. The zero-order chi connectivity index (χ0) is 18.3. The predicted molar refractivity (Wildman–Crippen MR) is 93.0 cm³/mol. The summed E-state index contributed by atoms with van der Waals surface area (Å²) in [6.07, 6.45) is 6.39. The average molecular weight is 358 g/mol. The monoisotopic (exact) mass is 358 g/mol. The number of ether oxygens (including phenoxy) is 2. The summed E-state index contributed by atoms with van der Waals surface area (Å²) in [4.78, 5) is 0. The number of unbranched alkanes of at least 4 members (excludes halogenated alkanes) is 1. The lowest BCUT2D eigenvalue weighted by molar-refractivity contribution is 0.0296. The summed E-state index contributed by atoms with van der Waals surface area (Å²) in [7, 11) is 0. The fourth-order valence-corrected chi connectivity index (χ4v) is 3.31. The van der Waals surface area contributed by atoms with Crippen LogP contribution in [0.1, 0.15) is 65.2 Å². The Balaban J connectivity index is 1.91. The Morgan fingerprint density at radius 3 is 2.16 bits per heavy atom. The fourth-order valence-electron chi connectivity index (χ4n) is 3.31. The van der Waals surface area contributed by atoms with Crippen LogP contribution in [0.25, 0.3) is 0 Å². The molecule has 0 spiro atoms. The first-order valence-electron chi connectivity index (χ1n) is 9.41. The van der Waals surface area contributed by atoms with Gasteiger partial charge in [0.25, 0.3) is 0 Å². The maximum absolute atomic E-state index is 14.8. The number of hydrogen-bond donors (Lipinski definition) is 0. The zero-order valence-electron chi connectivity index (χ0n) is 15.3. The molecule has 0 unspecified atom stereocenters. The molecule has 142 valence electrons. The summed E-state index contributed by atoms with van der Waals surface area (Å²) >= 11 is 0. The molecule has 0 bridgehead atoms. The van der Waals surface area contributed by atoms with Gasteiger partial charge in [-0.05, 0) is 50.2 Å². The van der Waals surface area contributed by atoms with Crippen molar-refractivity contribution in [3.05, 3.63) is 23.8 Å². The first-order chi connectivity index (χ1) is 12.0. The van der Waals surface area contributed by atoms with Crippen LogP contribution in [0.3, 0.4) is 0 Å². The summed E-state index contributed by atoms with van der Waals surface area (Å²) in [5, 5.41) is 0. The van der Waals surface area contributed by atoms with Gasteiger partial charge in [-0.2, -0.15) is 8.78 Å². The van der Waals surface area contributed by atoms with Crippen LogP contribution in [-0.4, -0.2) is 18.9 Å². The molecule has 0 amide bonds. The van der Waals surface area contributed by atoms with Gasteiger partial charge >= 0.3 is 0 Å². The van der Waals surface area contributed by atoms with E-state index in [1.807, 2.05) is 6.92 Å². The van der Waals surface area contributed by atoms with Gasteiger partial charge < -0.3 is 9.47 Å². The van der Waals surface area contributed by atoms with Gasteiger partial charge in [0.2, 0.25) is 11.6 Å². The summed E-state index contributed by atoms with van der Waals surface area (Å²) in [5.74, 6) is -2.01. The molecule has 1 aliphatic rings. The molecule has 0 atom stereocenters. The highest BCUT2D eigenvalue weighted by atomic mass is 19.2. The molecule has 2 rings (SSSR count). The summed E-state index contributed by atoms with van der Waals surface area (Å²) < 4.78 is 53.5. The maximum Gasteiger partial charge on any atom is 0.204 e. The number of rotatable bonds is 9. The predicted octanol–water partition coefficient (Wildman–Crippen LogP) is 6.22. The Morgan fingerprint density at radius 2 is 1.60 bits per heavy atom. The quantitative estimate of drug-likeness (QED) is 0.488.